The topological polar surface area (TPSA) is 15.6 Å². The first kappa shape index (κ1) is 5.96. The van der Waals surface area contributed by atoms with Gasteiger partial charge in [0.15, 0.2) is 0 Å². The van der Waals surface area contributed by atoms with E-state index in [-0.39, 0.29) is 0 Å². The molecule has 0 aliphatic heterocycles. The molecular weight excluding hydrogens is 74.1 g/mol. The molecule has 0 aromatic rings. The normalized spacial score (nSPS) is 14.5. The minimum Gasteiger partial charge on any atom is -0.183 e. The van der Waals surface area contributed by atoms with Crippen LogP contribution in [-0.2, 0) is 0 Å². The van der Waals surface area contributed by atoms with Crippen molar-refractivity contribution in [2.75, 3.05) is 7.05 Å². The molecule has 1 N–H and O–H groups in total. The maximum atomic E-state index is 3.11. The molecule has 1 heteroatoms. The van der Waals surface area contributed by atoms with Crippen LogP contribution in [0.5, 0.6) is 0 Å². The predicted octanol–water partition coefficient (Wildman–Crippen LogP) is -0.236. The average Bonchev–Trinajstić information content (AvgIpc) is 1.65. The minimum atomic E-state index is 0.685. The van der Waals surface area contributed by atoms with Gasteiger partial charge in [-0.05, 0) is 6.92 Å². The van der Waals surface area contributed by atoms with Crippen LogP contribution >= 0.6 is 0 Å². The van der Waals surface area contributed by atoms with Gasteiger partial charge in [-0.15, -0.1) is 0 Å². The van der Waals surface area contributed by atoms with Gasteiger partial charge in [-0.25, -0.2) is 0 Å². The monoisotopic (exact) mass is 87.1 g/mol. The Balaban J connectivity index is 2.75. The Hall–Kier alpha value is -0.0400. The van der Waals surface area contributed by atoms with Gasteiger partial charge in [-0.3, -0.25) is 0 Å². The third-order valence-corrected chi connectivity index (χ3v) is 1.11. The Bertz CT molecular complexity index is 23.1. The molecule has 0 bridgehead atoms. The van der Waals surface area contributed by atoms with E-state index in [0.717, 1.165) is 0 Å². The largest absolute Gasteiger partial charge is 0.183 e. The zero-order valence-corrected chi connectivity index (χ0v) is 4.78. The van der Waals surface area contributed by atoms with E-state index in [4.69, 9.17) is 0 Å². The highest BCUT2D eigenvalue weighted by molar-refractivity contribution is 4.33. The summed E-state index contributed by atoms with van der Waals surface area (Å²) in [6.07, 6.45) is 1.22. The smallest absolute Gasteiger partial charge is 0.127 e. The second-order valence-corrected chi connectivity index (χ2v) is 1.60. The fourth-order valence-corrected chi connectivity index (χ4v) is 0.204. The van der Waals surface area contributed by atoms with Crippen molar-refractivity contribution in [1.82, 2.24) is 0 Å². The van der Waals surface area contributed by atoms with E-state index in [1.807, 2.05) is 7.05 Å². The van der Waals surface area contributed by atoms with Gasteiger partial charge >= 0.3 is 0 Å². The van der Waals surface area contributed by atoms with Gasteiger partial charge in [0.25, 0.3) is 0 Å². The van der Waals surface area contributed by atoms with E-state index in [1.54, 1.807) is 0 Å². The summed E-state index contributed by atoms with van der Waals surface area (Å²) in [6.45, 7) is 4.33. The molecule has 0 aromatic heterocycles. The quantitative estimate of drug-likeness (QED) is 0.478. The molecule has 1 nitrogen and oxygen atoms in total. The van der Waals surface area contributed by atoms with E-state index in [2.05, 4.69) is 19.2 Å². The van der Waals surface area contributed by atoms with Crippen LogP contribution in [0.4, 0.5) is 0 Å². The molecule has 0 aliphatic rings. The van der Waals surface area contributed by atoms with Crippen molar-refractivity contribution in [3.05, 3.63) is 0 Å². The fraction of sp³-hybridized carbons (Fsp3) is 1.00. The van der Waals surface area contributed by atoms with Crippen LogP contribution in [0.15, 0.2) is 0 Å². The van der Waals surface area contributed by atoms with E-state index >= 15 is 0 Å². The predicted molar refractivity (Wildman–Crippen MR) is 26.6 cm³/mol. The summed E-state index contributed by atoms with van der Waals surface area (Å²) in [5.41, 5.74) is 0. The molecule has 0 heterocycles. The molecular formula is C5H13N+. The summed E-state index contributed by atoms with van der Waals surface area (Å²) in [6, 6.07) is 0.685. The summed E-state index contributed by atoms with van der Waals surface area (Å²) in [4.78, 5) is 0. The van der Waals surface area contributed by atoms with Gasteiger partial charge in [0.1, 0.15) is 13.1 Å². The van der Waals surface area contributed by atoms with Crippen molar-refractivity contribution < 1.29 is 5.32 Å². The summed E-state index contributed by atoms with van der Waals surface area (Å²) < 4.78 is 0. The Morgan fingerprint density at radius 2 is 2.17 bits per heavy atom. The van der Waals surface area contributed by atoms with Crippen molar-refractivity contribution in [3.63, 3.8) is 0 Å². The third kappa shape index (κ3) is 2.21. The average molecular weight is 87.2 g/mol. The Kier molecular flexibility index (Phi) is 3.14. The summed E-state index contributed by atoms with van der Waals surface area (Å²) in [5.74, 6) is 0. The molecule has 0 aliphatic carbocycles. The molecule has 0 amide bonds. The SMILES string of the molecule is CCC(C)[NH+]C. The third-order valence-electron chi connectivity index (χ3n) is 1.11. The highest BCUT2D eigenvalue weighted by Gasteiger charge is 1.95. The number of rotatable bonds is 2. The molecule has 1 unspecified atom stereocenters. The zero-order chi connectivity index (χ0) is 4.99. The summed E-state index contributed by atoms with van der Waals surface area (Å²) in [7, 11) is 1.98. The fourth-order valence-electron chi connectivity index (χ4n) is 0.204. The van der Waals surface area contributed by atoms with E-state index in [1.165, 1.54) is 6.42 Å². The lowest BCUT2D eigenvalue weighted by Crippen LogP contribution is -2.85. The molecule has 0 spiro atoms. The summed E-state index contributed by atoms with van der Waals surface area (Å²) >= 11 is 0. The van der Waals surface area contributed by atoms with E-state index < -0.39 is 0 Å². The van der Waals surface area contributed by atoms with Gasteiger partial charge in [-0.1, -0.05) is 6.92 Å². The highest BCUT2D eigenvalue weighted by Crippen LogP contribution is 1.75. The first-order valence-corrected chi connectivity index (χ1v) is 2.48. The standard InChI is InChI=1S/C5H13N/c1-4-5(2)6-3/h5-6H,4H2,1-3H3/q+1. The van der Waals surface area contributed by atoms with Gasteiger partial charge in [-0.2, -0.15) is 5.32 Å². The maximum absolute atomic E-state index is 3.11. The van der Waals surface area contributed by atoms with Crippen LogP contribution in [0.25, 0.3) is 0 Å². The van der Waals surface area contributed by atoms with Crippen molar-refractivity contribution in [3.8, 4) is 0 Å². The van der Waals surface area contributed by atoms with Gasteiger partial charge < -0.3 is 0 Å². The molecule has 1 atom stereocenters. The molecule has 0 aromatic carbocycles. The van der Waals surface area contributed by atoms with Crippen LogP contribution in [0.1, 0.15) is 20.3 Å². The zero-order valence-electron chi connectivity index (χ0n) is 4.78. The lowest BCUT2D eigenvalue weighted by Gasteiger charge is -1.92. The van der Waals surface area contributed by atoms with Gasteiger partial charge in [0.05, 0.1) is 0 Å². The molecule has 0 saturated heterocycles. The van der Waals surface area contributed by atoms with Crippen molar-refractivity contribution in [1.29, 1.82) is 0 Å². The first-order valence-electron chi connectivity index (χ1n) is 2.48. The lowest BCUT2D eigenvalue weighted by molar-refractivity contribution is -0.660. The van der Waals surface area contributed by atoms with Crippen LogP contribution in [-0.4, -0.2) is 13.1 Å². The molecule has 1 radical (unpaired) electrons. The lowest BCUT2D eigenvalue weighted by atomic mass is 10.3. The minimum absolute atomic E-state index is 0.685. The van der Waals surface area contributed by atoms with Crippen molar-refractivity contribution in [2.24, 2.45) is 0 Å². The van der Waals surface area contributed by atoms with Crippen molar-refractivity contribution in [2.45, 2.75) is 26.3 Å². The van der Waals surface area contributed by atoms with Crippen molar-refractivity contribution >= 4 is 0 Å². The molecule has 37 valence electrons. The highest BCUT2D eigenvalue weighted by atomic mass is 14.8. The van der Waals surface area contributed by atoms with Gasteiger partial charge in [0.2, 0.25) is 0 Å². The number of nitrogens with one attached hydrogen (secondary N) is 1. The van der Waals surface area contributed by atoms with E-state index in [9.17, 15) is 0 Å². The Morgan fingerprint density at radius 1 is 1.67 bits per heavy atom. The van der Waals surface area contributed by atoms with Gasteiger partial charge in [0, 0.05) is 6.42 Å². The second kappa shape index (κ2) is 3.16. The first-order chi connectivity index (χ1) is 2.81. The summed E-state index contributed by atoms with van der Waals surface area (Å²) in [5, 5.41) is 3.11. The van der Waals surface area contributed by atoms with E-state index in [0.29, 0.717) is 6.04 Å². The maximum Gasteiger partial charge on any atom is 0.127 e. The molecule has 6 heavy (non-hydrogen) atoms. The number of hydrogen-bond acceptors (Lipinski definition) is 1. The van der Waals surface area contributed by atoms with Crippen LogP contribution in [0, 0.1) is 0 Å². The second-order valence-electron chi connectivity index (χ2n) is 1.60. The molecule has 0 fully saturated rings. The number of hydrogen-bond donors (Lipinski definition) is 1. The Labute approximate surface area is 39.7 Å². The molecule has 0 rings (SSSR count). The van der Waals surface area contributed by atoms with Crippen LogP contribution in [0.2, 0.25) is 0 Å². The Morgan fingerprint density at radius 3 is 2.17 bits per heavy atom. The van der Waals surface area contributed by atoms with Crippen LogP contribution in [0.3, 0.4) is 0 Å². The van der Waals surface area contributed by atoms with Crippen LogP contribution < -0.4 is 5.32 Å². The molecule has 0 saturated carbocycles.